The number of methoxy groups -OCH3 is 1. The summed E-state index contributed by atoms with van der Waals surface area (Å²) in [6.07, 6.45) is 5.89. The number of nitrogens with two attached hydrogens (primary N) is 1. The minimum absolute atomic E-state index is 0.433. The van der Waals surface area contributed by atoms with E-state index < -0.39 is 0 Å². The zero-order chi connectivity index (χ0) is 16.5. The summed E-state index contributed by atoms with van der Waals surface area (Å²) in [5.41, 5.74) is 9.23. The molecule has 0 spiro atoms. The topological polar surface area (TPSA) is 78.0 Å². The minimum atomic E-state index is 0.433. The zero-order valence-corrected chi connectivity index (χ0v) is 13.7. The van der Waals surface area contributed by atoms with Gasteiger partial charge in [0.25, 0.3) is 0 Å². The molecule has 1 aliphatic rings. The number of anilines is 1. The molecule has 1 fully saturated rings. The van der Waals surface area contributed by atoms with Gasteiger partial charge in [-0.3, -0.25) is 0 Å². The predicted molar refractivity (Wildman–Crippen MR) is 95.1 cm³/mol. The molecule has 0 atom stereocenters. The fourth-order valence-corrected chi connectivity index (χ4v) is 3.48. The second kappa shape index (κ2) is 6.13. The summed E-state index contributed by atoms with van der Waals surface area (Å²) in [5.74, 6) is 1.34. The first kappa shape index (κ1) is 15.0. The third-order valence-corrected chi connectivity index (χ3v) is 4.72. The van der Waals surface area contributed by atoms with Crippen molar-refractivity contribution in [2.24, 2.45) is 0 Å². The number of piperidine rings is 1. The lowest BCUT2D eigenvalue weighted by Gasteiger charge is -2.24. The molecule has 1 aliphatic heterocycles. The van der Waals surface area contributed by atoms with Crippen LogP contribution in [0.4, 0.5) is 5.82 Å². The zero-order valence-electron chi connectivity index (χ0n) is 13.7. The maximum atomic E-state index is 6.20. The molecule has 3 aromatic rings. The van der Waals surface area contributed by atoms with Crippen LogP contribution in [0, 0.1) is 0 Å². The Hall–Kier alpha value is -2.60. The van der Waals surface area contributed by atoms with Gasteiger partial charge in [0, 0.05) is 17.8 Å². The van der Waals surface area contributed by atoms with Crippen LogP contribution < -0.4 is 15.8 Å². The lowest BCUT2D eigenvalue weighted by atomic mass is 10.1. The molecule has 0 amide bonds. The standard InChI is InChI=1S/C18H21N5O/c1-24-14-4-2-3-12(9-14)15-10-23(13-5-7-20-8-6-13)18-16(15)17(19)21-11-22-18/h2-4,9-11,13,20H,5-8H2,1H3,(H2,19,21,22). The van der Waals surface area contributed by atoms with E-state index in [4.69, 9.17) is 10.5 Å². The number of nitrogen functional groups attached to an aromatic ring is 1. The summed E-state index contributed by atoms with van der Waals surface area (Å²) in [4.78, 5) is 8.73. The van der Waals surface area contributed by atoms with Crippen LogP contribution in [0.15, 0.2) is 36.8 Å². The largest absolute Gasteiger partial charge is 0.497 e. The van der Waals surface area contributed by atoms with Crippen molar-refractivity contribution in [1.29, 1.82) is 0 Å². The van der Waals surface area contributed by atoms with E-state index in [0.29, 0.717) is 11.9 Å². The normalized spacial score (nSPS) is 15.7. The van der Waals surface area contributed by atoms with Crippen molar-refractivity contribution >= 4 is 16.9 Å². The number of benzene rings is 1. The van der Waals surface area contributed by atoms with E-state index in [9.17, 15) is 0 Å². The van der Waals surface area contributed by atoms with Crippen LogP contribution in [0.5, 0.6) is 5.75 Å². The molecule has 2 aromatic heterocycles. The van der Waals surface area contributed by atoms with Gasteiger partial charge in [-0.2, -0.15) is 0 Å². The Labute approximate surface area is 140 Å². The molecule has 6 heteroatoms. The summed E-state index contributed by atoms with van der Waals surface area (Å²) in [5, 5.41) is 4.33. The molecule has 0 unspecified atom stereocenters. The fraction of sp³-hybridized carbons (Fsp3) is 0.333. The van der Waals surface area contributed by atoms with Gasteiger partial charge in [0.15, 0.2) is 0 Å². The van der Waals surface area contributed by atoms with Crippen molar-refractivity contribution in [2.75, 3.05) is 25.9 Å². The van der Waals surface area contributed by atoms with Gasteiger partial charge in [-0.15, -0.1) is 0 Å². The Bertz CT molecular complexity index is 867. The third-order valence-electron chi connectivity index (χ3n) is 4.72. The summed E-state index contributed by atoms with van der Waals surface area (Å²) in [6, 6.07) is 8.45. The van der Waals surface area contributed by atoms with E-state index in [2.05, 4.69) is 32.1 Å². The molecule has 3 heterocycles. The quantitative estimate of drug-likeness (QED) is 0.775. The van der Waals surface area contributed by atoms with Crippen LogP contribution in [-0.2, 0) is 0 Å². The van der Waals surface area contributed by atoms with Gasteiger partial charge >= 0.3 is 0 Å². The van der Waals surface area contributed by atoms with Gasteiger partial charge in [-0.05, 0) is 43.6 Å². The first-order valence-electron chi connectivity index (χ1n) is 8.24. The smallest absolute Gasteiger partial charge is 0.146 e. The molecule has 0 bridgehead atoms. The first-order valence-corrected chi connectivity index (χ1v) is 8.24. The highest BCUT2D eigenvalue weighted by molar-refractivity contribution is 6.00. The lowest BCUT2D eigenvalue weighted by Crippen LogP contribution is -2.29. The molecular formula is C18H21N5O. The number of hydrogen-bond donors (Lipinski definition) is 2. The fourth-order valence-electron chi connectivity index (χ4n) is 3.48. The number of nitrogens with one attached hydrogen (secondary N) is 1. The Balaban J connectivity index is 1.91. The highest BCUT2D eigenvalue weighted by Crippen LogP contribution is 2.36. The summed E-state index contributed by atoms with van der Waals surface area (Å²) < 4.78 is 7.63. The molecule has 124 valence electrons. The Morgan fingerprint density at radius 2 is 2.08 bits per heavy atom. The Morgan fingerprint density at radius 3 is 2.88 bits per heavy atom. The lowest BCUT2D eigenvalue weighted by molar-refractivity contribution is 0.375. The average molecular weight is 323 g/mol. The SMILES string of the molecule is COc1cccc(-c2cn(C3CCNCC3)c3ncnc(N)c23)c1. The minimum Gasteiger partial charge on any atom is -0.497 e. The molecule has 3 N–H and O–H groups in total. The summed E-state index contributed by atoms with van der Waals surface area (Å²) in [7, 11) is 1.68. The van der Waals surface area contributed by atoms with Crippen molar-refractivity contribution in [3.8, 4) is 16.9 Å². The van der Waals surface area contributed by atoms with Crippen molar-refractivity contribution in [2.45, 2.75) is 18.9 Å². The highest BCUT2D eigenvalue weighted by Gasteiger charge is 2.21. The van der Waals surface area contributed by atoms with E-state index in [1.165, 1.54) is 0 Å². The Morgan fingerprint density at radius 1 is 1.25 bits per heavy atom. The van der Waals surface area contributed by atoms with Gasteiger partial charge < -0.3 is 20.4 Å². The van der Waals surface area contributed by atoms with Crippen LogP contribution in [0.25, 0.3) is 22.2 Å². The molecule has 6 nitrogen and oxygen atoms in total. The molecular weight excluding hydrogens is 302 g/mol. The number of hydrogen-bond acceptors (Lipinski definition) is 5. The van der Waals surface area contributed by atoms with Crippen LogP contribution in [0.1, 0.15) is 18.9 Å². The van der Waals surface area contributed by atoms with Crippen molar-refractivity contribution in [3.05, 3.63) is 36.8 Å². The van der Waals surface area contributed by atoms with Gasteiger partial charge in [-0.1, -0.05) is 12.1 Å². The van der Waals surface area contributed by atoms with E-state index in [-0.39, 0.29) is 0 Å². The number of aromatic nitrogens is 3. The number of rotatable bonds is 3. The van der Waals surface area contributed by atoms with E-state index in [1.54, 1.807) is 13.4 Å². The average Bonchev–Trinajstić information content (AvgIpc) is 3.04. The number of fused-ring (bicyclic) bond motifs is 1. The highest BCUT2D eigenvalue weighted by atomic mass is 16.5. The van der Waals surface area contributed by atoms with Crippen molar-refractivity contribution in [3.63, 3.8) is 0 Å². The predicted octanol–water partition coefficient (Wildman–Crippen LogP) is 2.61. The molecule has 1 aromatic carbocycles. The molecule has 0 saturated carbocycles. The van der Waals surface area contributed by atoms with E-state index >= 15 is 0 Å². The molecule has 24 heavy (non-hydrogen) atoms. The monoisotopic (exact) mass is 323 g/mol. The second-order valence-electron chi connectivity index (χ2n) is 6.12. The van der Waals surface area contributed by atoms with E-state index in [0.717, 1.165) is 53.8 Å². The second-order valence-corrected chi connectivity index (χ2v) is 6.12. The number of nitrogens with zero attached hydrogens (tertiary/aromatic N) is 3. The van der Waals surface area contributed by atoms with Crippen molar-refractivity contribution in [1.82, 2.24) is 19.9 Å². The summed E-state index contributed by atoms with van der Waals surface area (Å²) >= 11 is 0. The molecule has 1 saturated heterocycles. The van der Waals surface area contributed by atoms with Gasteiger partial charge in [0.1, 0.15) is 23.5 Å². The first-order chi connectivity index (χ1) is 11.8. The molecule has 0 radical (unpaired) electrons. The van der Waals surface area contributed by atoms with E-state index in [1.807, 2.05) is 18.2 Å². The Kier molecular flexibility index (Phi) is 3.82. The van der Waals surface area contributed by atoms with Gasteiger partial charge in [0.05, 0.1) is 12.5 Å². The summed E-state index contributed by atoms with van der Waals surface area (Å²) in [6.45, 7) is 2.05. The van der Waals surface area contributed by atoms with Gasteiger partial charge in [0.2, 0.25) is 0 Å². The molecule has 4 rings (SSSR count). The third kappa shape index (κ3) is 2.49. The van der Waals surface area contributed by atoms with Crippen LogP contribution >= 0.6 is 0 Å². The van der Waals surface area contributed by atoms with Crippen LogP contribution in [0.3, 0.4) is 0 Å². The number of ether oxygens (including phenoxy) is 1. The maximum absolute atomic E-state index is 6.20. The molecule has 0 aliphatic carbocycles. The van der Waals surface area contributed by atoms with Crippen molar-refractivity contribution < 1.29 is 4.74 Å². The van der Waals surface area contributed by atoms with Crippen LogP contribution in [-0.4, -0.2) is 34.7 Å². The van der Waals surface area contributed by atoms with Crippen LogP contribution in [0.2, 0.25) is 0 Å². The van der Waals surface area contributed by atoms with Gasteiger partial charge in [-0.25, -0.2) is 9.97 Å². The maximum Gasteiger partial charge on any atom is 0.146 e.